The summed E-state index contributed by atoms with van der Waals surface area (Å²) in [6.45, 7) is 6.14. The molecule has 288 valence electrons. The fourth-order valence-electron chi connectivity index (χ4n) is 6.18. The largest absolute Gasteiger partial charge is 0.514 e. The molecule has 5 rings (SSSR count). The third kappa shape index (κ3) is 8.77. The summed E-state index contributed by atoms with van der Waals surface area (Å²) in [6, 6.07) is 0. The second kappa shape index (κ2) is 15.8. The Morgan fingerprint density at radius 2 is 1.13 bits per heavy atom. The van der Waals surface area contributed by atoms with Crippen LogP contribution in [0.3, 0.4) is 0 Å². The molecular formula is C38H40O16. The lowest BCUT2D eigenvalue weighted by Gasteiger charge is -2.45. The highest BCUT2D eigenvalue weighted by molar-refractivity contribution is 6.22. The molecule has 4 fully saturated rings. The van der Waals surface area contributed by atoms with Gasteiger partial charge in [-0.3, -0.25) is 28.7 Å². The van der Waals surface area contributed by atoms with E-state index >= 15 is 0 Å². The van der Waals surface area contributed by atoms with Crippen LogP contribution in [0.5, 0.6) is 0 Å². The van der Waals surface area contributed by atoms with Crippen LogP contribution in [0, 0.1) is 11.3 Å². The molecule has 0 aromatic carbocycles. The molecule has 1 atom stereocenters. The number of allylic oxidation sites excluding steroid dienone is 9. The van der Waals surface area contributed by atoms with E-state index < -0.39 is 76.4 Å². The second-order valence-corrected chi connectivity index (χ2v) is 13.5. The lowest BCUT2D eigenvalue weighted by Crippen LogP contribution is -2.60. The zero-order chi connectivity index (χ0) is 39.3. The van der Waals surface area contributed by atoms with E-state index in [1.165, 1.54) is 61.6 Å². The Morgan fingerprint density at radius 3 is 1.67 bits per heavy atom. The van der Waals surface area contributed by atoms with Crippen LogP contribution in [0.1, 0.15) is 66.2 Å². The number of esters is 5. The lowest BCUT2D eigenvalue weighted by atomic mass is 9.71. The average molecular weight is 753 g/mol. The number of carbonyl (C=O) groups is 7. The molecule has 4 aliphatic heterocycles. The van der Waals surface area contributed by atoms with Gasteiger partial charge in [0.2, 0.25) is 0 Å². The van der Waals surface area contributed by atoms with Crippen molar-refractivity contribution in [2.24, 2.45) is 11.3 Å². The second-order valence-electron chi connectivity index (χ2n) is 13.5. The molecule has 16 heteroatoms. The first-order chi connectivity index (χ1) is 25.5. The van der Waals surface area contributed by atoms with Gasteiger partial charge >= 0.3 is 36.0 Å². The van der Waals surface area contributed by atoms with Crippen molar-refractivity contribution in [2.45, 2.75) is 84.0 Å². The van der Waals surface area contributed by atoms with E-state index in [0.717, 1.165) is 6.08 Å². The van der Waals surface area contributed by atoms with Gasteiger partial charge in [-0.05, 0) is 31.1 Å². The summed E-state index contributed by atoms with van der Waals surface area (Å²) in [6.07, 6.45) is 12.3. The lowest BCUT2D eigenvalue weighted by molar-refractivity contribution is -0.501. The highest BCUT2D eigenvalue weighted by atomic mass is 17.0. The standard InChI is InChI=1S/C38H40O16/c1-5-17-35(3)49-29(41)24(30(42)50-35)14-10-7-9-13-23-27(39)19-37(20-28(23)40)21-47-38(48-22-37)53-33(45)26(34(46)54-38)16-12-8-11-15-25-31(43)51-36(4,18-6-2)52-32(25)44/h7-16,26,41H,5-6,17-22H2,1-4H3/b9-7+,11-8+,14-10+,16-12+,23-13?,25-15?. The Labute approximate surface area is 309 Å². The Bertz CT molecular complexity index is 1770. The molecule has 2 spiro atoms. The van der Waals surface area contributed by atoms with E-state index in [0.29, 0.717) is 25.7 Å². The van der Waals surface area contributed by atoms with E-state index in [1.54, 1.807) is 6.92 Å². The van der Waals surface area contributed by atoms with Gasteiger partial charge in [-0.2, -0.15) is 0 Å². The van der Waals surface area contributed by atoms with Crippen molar-refractivity contribution in [2.75, 3.05) is 13.2 Å². The van der Waals surface area contributed by atoms with E-state index in [4.69, 9.17) is 37.9 Å². The highest BCUT2D eigenvalue weighted by Gasteiger charge is 2.58. The molecule has 1 N–H and O–H groups in total. The van der Waals surface area contributed by atoms with Gasteiger partial charge in [0.15, 0.2) is 17.5 Å². The van der Waals surface area contributed by atoms with Crippen molar-refractivity contribution in [3.63, 3.8) is 0 Å². The summed E-state index contributed by atoms with van der Waals surface area (Å²) >= 11 is 0. The smallest absolute Gasteiger partial charge is 0.480 e. The van der Waals surface area contributed by atoms with Gasteiger partial charge in [-0.25, -0.2) is 14.4 Å². The summed E-state index contributed by atoms with van der Waals surface area (Å²) in [5.74, 6) is -10.2. The van der Waals surface area contributed by atoms with Crippen molar-refractivity contribution < 1.29 is 76.6 Å². The molecule has 0 bridgehead atoms. The van der Waals surface area contributed by atoms with Crippen molar-refractivity contribution >= 4 is 41.4 Å². The maximum atomic E-state index is 13.0. The number of cyclic esters (lactones) is 3. The molecule has 16 nitrogen and oxygen atoms in total. The van der Waals surface area contributed by atoms with E-state index in [9.17, 15) is 38.7 Å². The monoisotopic (exact) mass is 752 g/mol. The molecule has 0 radical (unpaired) electrons. The Morgan fingerprint density at radius 1 is 0.630 bits per heavy atom. The van der Waals surface area contributed by atoms with Crippen molar-refractivity contribution in [1.82, 2.24) is 0 Å². The quantitative estimate of drug-likeness (QED) is 0.0838. The first-order valence-corrected chi connectivity index (χ1v) is 17.3. The minimum Gasteiger partial charge on any atom is -0.480 e. The molecule has 54 heavy (non-hydrogen) atoms. The van der Waals surface area contributed by atoms with Crippen LogP contribution >= 0.6 is 0 Å². The highest BCUT2D eigenvalue weighted by Crippen LogP contribution is 2.43. The number of ketones is 2. The molecule has 1 saturated carbocycles. The molecule has 4 heterocycles. The van der Waals surface area contributed by atoms with Crippen LogP contribution in [0.15, 0.2) is 83.4 Å². The Kier molecular flexibility index (Phi) is 11.6. The molecule has 0 aromatic heterocycles. The first kappa shape index (κ1) is 39.6. The minimum absolute atomic E-state index is 0.0765. The van der Waals surface area contributed by atoms with Gasteiger partial charge in [0.25, 0.3) is 17.5 Å². The average Bonchev–Trinajstić information content (AvgIpc) is 3.06. The summed E-state index contributed by atoms with van der Waals surface area (Å²) in [5.41, 5.74) is -1.71. The van der Waals surface area contributed by atoms with Crippen molar-refractivity contribution in [3.8, 4) is 0 Å². The van der Waals surface area contributed by atoms with Crippen LogP contribution in [0.4, 0.5) is 0 Å². The Balaban J connectivity index is 1.12. The molecule has 0 amide bonds. The summed E-state index contributed by atoms with van der Waals surface area (Å²) in [7, 11) is 0. The number of aliphatic hydroxyl groups is 1. The maximum absolute atomic E-state index is 13.0. The molecular weight excluding hydrogens is 712 g/mol. The van der Waals surface area contributed by atoms with Crippen LogP contribution in [0.25, 0.3) is 0 Å². The number of rotatable bonds is 10. The summed E-state index contributed by atoms with van der Waals surface area (Å²) < 4.78 is 42.5. The number of ether oxygens (including phenoxy) is 8. The van der Waals surface area contributed by atoms with Crippen molar-refractivity contribution in [3.05, 3.63) is 83.4 Å². The zero-order valence-electron chi connectivity index (χ0n) is 30.1. The van der Waals surface area contributed by atoms with Gasteiger partial charge in [-0.1, -0.05) is 56.4 Å². The van der Waals surface area contributed by atoms with E-state index in [-0.39, 0.29) is 42.8 Å². The summed E-state index contributed by atoms with van der Waals surface area (Å²) in [5, 5.41) is 10.2. The van der Waals surface area contributed by atoms with Gasteiger partial charge in [-0.15, -0.1) is 0 Å². The third-order valence-corrected chi connectivity index (χ3v) is 8.81. The topological polar surface area (TPSA) is 214 Å². The normalized spacial score (nSPS) is 32.1. The fraction of sp³-hybridized carbons (Fsp3) is 0.447. The van der Waals surface area contributed by atoms with Crippen LogP contribution < -0.4 is 0 Å². The zero-order valence-corrected chi connectivity index (χ0v) is 30.1. The predicted octanol–water partition coefficient (Wildman–Crippen LogP) is 3.83. The number of hydrogen-bond acceptors (Lipinski definition) is 16. The summed E-state index contributed by atoms with van der Waals surface area (Å²) in [4.78, 5) is 88.4. The molecule has 0 aromatic rings. The van der Waals surface area contributed by atoms with Gasteiger partial charge in [0, 0.05) is 44.9 Å². The molecule has 1 unspecified atom stereocenters. The first-order valence-electron chi connectivity index (χ1n) is 17.3. The van der Waals surface area contributed by atoms with Crippen LogP contribution in [-0.2, 0) is 71.5 Å². The van der Waals surface area contributed by atoms with E-state index in [1.807, 2.05) is 13.8 Å². The number of carbonyl (C=O) groups excluding carboxylic acids is 7. The molecule has 1 aliphatic carbocycles. The van der Waals surface area contributed by atoms with Gasteiger partial charge < -0.3 is 33.5 Å². The predicted molar refractivity (Wildman–Crippen MR) is 180 cm³/mol. The SMILES string of the molecule is CCCC1(C)OC(=O)C(=C/C=C/C=C/C2C(=O)OC3(OCC4(CO3)CC(=O)C(=C/C=C/C=C/C3=C(O)OC(C)(CCC)OC3=O)C(=O)C4)OC2=O)C(=O)O1. The van der Waals surface area contributed by atoms with Gasteiger partial charge in [0.1, 0.15) is 11.1 Å². The minimum atomic E-state index is -2.50. The molecule has 3 saturated heterocycles. The van der Waals surface area contributed by atoms with Crippen molar-refractivity contribution in [1.29, 1.82) is 0 Å². The maximum Gasteiger partial charge on any atom is 0.514 e. The Hall–Kier alpha value is -5.61. The third-order valence-electron chi connectivity index (χ3n) is 8.81. The van der Waals surface area contributed by atoms with Crippen LogP contribution in [-0.4, -0.2) is 77.5 Å². The number of hydrogen-bond donors (Lipinski definition) is 1. The van der Waals surface area contributed by atoms with Crippen LogP contribution in [0.2, 0.25) is 0 Å². The fourth-order valence-corrected chi connectivity index (χ4v) is 6.18. The van der Waals surface area contributed by atoms with E-state index in [2.05, 4.69) is 0 Å². The van der Waals surface area contributed by atoms with Gasteiger partial charge in [0.05, 0.1) is 18.8 Å². The number of aliphatic hydroxyl groups excluding tert-OH is 1. The molecule has 5 aliphatic rings. The number of Topliss-reactive ketones (excluding diaryl/α,β-unsaturated/α-hetero) is 2.